The molecule has 0 aliphatic carbocycles. The molecule has 112 valence electrons. The molecule has 0 spiro atoms. The quantitative estimate of drug-likeness (QED) is 0.841. The van der Waals surface area contributed by atoms with E-state index in [0.717, 1.165) is 0 Å². The molecule has 0 amide bonds. The van der Waals surface area contributed by atoms with Gasteiger partial charge in [-0.3, -0.25) is 9.89 Å². The van der Waals surface area contributed by atoms with Gasteiger partial charge in [-0.15, -0.1) is 0 Å². The van der Waals surface area contributed by atoms with E-state index in [1.54, 1.807) is 13.8 Å². The average Bonchev–Trinajstić information content (AvgIpc) is 2.94. The molecular weight excluding hydrogens is 282 g/mol. The van der Waals surface area contributed by atoms with Gasteiger partial charge in [-0.2, -0.15) is 9.40 Å². The van der Waals surface area contributed by atoms with Crippen LogP contribution in [0.1, 0.15) is 30.7 Å². The van der Waals surface area contributed by atoms with E-state index in [9.17, 15) is 13.2 Å². The number of sulfonamides is 1. The van der Waals surface area contributed by atoms with Crippen LogP contribution in [0, 0.1) is 19.8 Å². The Hall–Kier alpha value is -1.41. The Morgan fingerprint density at radius 2 is 2.20 bits per heavy atom. The number of aliphatic carboxylic acids is 1. The predicted molar refractivity (Wildman–Crippen MR) is 71.8 cm³/mol. The fourth-order valence-electron chi connectivity index (χ4n) is 2.63. The molecule has 20 heavy (non-hydrogen) atoms. The Morgan fingerprint density at radius 1 is 1.50 bits per heavy atom. The van der Waals surface area contributed by atoms with Gasteiger partial charge in [0.2, 0.25) is 10.0 Å². The van der Waals surface area contributed by atoms with Crippen molar-refractivity contribution in [2.45, 2.75) is 38.0 Å². The summed E-state index contributed by atoms with van der Waals surface area (Å²) in [4.78, 5) is 10.8. The third kappa shape index (κ3) is 2.85. The van der Waals surface area contributed by atoms with Gasteiger partial charge in [0.1, 0.15) is 4.90 Å². The summed E-state index contributed by atoms with van der Waals surface area (Å²) in [5.41, 5.74) is 1.01. The van der Waals surface area contributed by atoms with E-state index in [0.29, 0.717) is 37.3 Å². The van der Waals surface area contributed by atoms with Crippen LogP contribution in [-0.2, 0) is 14.8 Å². The highest BCUT2D eigenvalue weighted by Gasteiger charge is 2.35. The van der Waals surface area contributed by atoms with E-state index in [1.807, 2.05) is 0 Å². The van der Waals surface area contributed by atoms with Gasteiger partial charge in [-0.05, 0) is 32.6 Å². The largest absolute Gasteiger partial charge is 0.481 e. The van der Waals surface area contributed by atoms with Crippen molar-refractivity contribution in [3.63, 3.8) is 0 Å². The summed E-state index contributed by atoms with van der Waals surface area (Å²) < 4.78 is 26.6. The molecule has 1 saturated heterocycles. The molecule has 0 aromatic carbocycles. The number of aryl methyl sites for hydroxylation is 2. The molecule has 0 radical (unpaired) electrons. The normalized spacial score (nSPS) is 20.4. The van der Waals surface area contributed by atoms with Crippen LogP contribution in [0.4, 0.5) is 0 Å². The number of hydrogen-bond acceptors (Lipinski definition) is 4. The highest BCUT2D eigenvalue weighted by atomic mass is 32.2. The van der Waals surface area contributed by atoms with Crippen LogP contribution >= 0.6 is 0 Å². The van der Waals surface area contributed by atoms with E-state index in [1.165, 1.54) is 4.31 Å². The van der Waals surface area contributed by atoms with Crippen molar-refractivity contribution in [1.82, 2.24) is 14.5 Å². The lowest BCUT2D eigenvalue weighted by atomic mass is 10.0. The average molecular weight is 301 g/mol. The minimum Gasteiger partial charge on any atom is -0.481 e. The Balaban J connectivity index is 2.11. The first-order valence-corrected chi connectivity index (χ1v) is 8.00. The fourth-order valence-corrected chi connectivity index (χ4v) is 4.49. The summed E-state index contributed by atoms with van der Waals surface area (Å²) in [5, 5.41) is 15.3. The van der Waals surface area contributed by atoms with Crippen molar-refractivity contribution in [3.8, 4) is 0 Å². The molecule has 0 bridgehead atoms. The highest BCUT2D eigenvalue weighted by Crippen LogP contribution is 2.29. The molecule has 1 aliphatic rings. The number of nitrogens with zero attached hydrogens (tertiary/aromatic N) is 2. The van der Waals surface area contributed by atoms with Crippen LogP contribution in [0.15, 0.2) is 4.90 Å². The number of rotatable bonds is 5. The van der Waals surface area contributed by atoms with Crippen molar-refractivity contribution in [1.29, 1.82) is 0 Å². The maximum atomic E-state index is 12.6. The molecule has 2 N–H and O–H groups in total. The van der Waals surface area contributed by atoms with E-state index in [-0.39, 0.29) is 17.2 Å². The number of H-pyrrole nitrogens is 1. The summed E-state index contributed by atoms with van der Waals surface area (Å²) in [6, 6.07) is 0. The number of carboxylic acid groups (broad SMARTS) is 1. The Bertz CT molecular complexity index is 589. The SMILES string of the molecule is Cc1n[nH]c(C)c1S(=O)(=O)N1CCC(CCC(=O)O)C1. The summed E-state index contributed by atoms with van der Waals surface area (Å²) in [5.74, 6) is -0.721. The van der Waals surface area contributed by atoms with Crippen LogP contribution in [0.25, 0.3) is 0 Å². The van der Waals surface area contributed by atoms with E-state index in [2.05, 4.69) is 10.2 Å². The van der Waals surface area contributed by atoms with Crippen molar-refractivity contribution in [2.24, 2.45) is 5.92 Å². The summed E-state index contributed by atoms with van der Waals surface area (Å²) in [6.07, 6.45) is 1.31. The Morgan fingerprint density at radius 3 is 2.75 bits per heavy atom. The minimum absolute atomic E-state index is 0.0856. The molecule has 1 atom stereocenters. The zero-order valence-corrected chi connectivity index (χ0v) is 12.4. The number of carbonyl (C=O) groups is 1. The first-order chi connectivity index (χ1) is 9.32. The summed E-state index contributed by atoms with van der Waals surface area (Å²) in [7, 11) is -3.54. The number of hydrogen-bond donors (Lipinski definition) is 2. The molecule has 2 heterocycles. The molecule has 1 unspecified atom stereocenters. The van der Waals surface area contributed by atoms with E-state index in [4.69, 9.17) is 5.11 Å². The Labute approximate surface area is 118 Å². The van der Waals surface area contributed by atoms with Crippen molar-refractivity contribution in [3.05, 3.63) is 11.4 Å². The van der Waals surface area contributed by atoms with E-state index < -0.39 is 16.0 Å². The highest BCUT2D eigenvalue weighted by molar-refractivity contribution is 7.89. The van der Waals surface area contributed by atoms with Crippen LogP contribution in [0.2, 0.25) is 0 Å². The maximum Gasteiger partial charge on any atom is 0.303 e. The predicted octanol–water partition coefficient (Wildman–Crippen LogP) is 0.902. The molecule has 7 nitrogen and oxygen atoms in total. The standard InChI is InChI=1S/C12H19N3O4S/c1-8-12(9(2)14-13-8)20(18,19)15-6-5-10(7-15)3-4-11(16)17/h10H,3-7H2,1-2H3,(H,13,14)(H,16,17). The molecule has 1 aromatic heterocycles. The number of aromatic amines is 1. The van der Waals surface area contributed by atoms with Crippen LogP contribution in [0.5, 0.6) is 0 Å². The van der Waals surface area contributed by atoms with Gasteiger partial charge in [0, 0.05) is 19.5 Å². The zero-order valence-electron chi connectivity index (χ0n) is 11.6. The van der Waals surface area contributed by atoms with E-state index >= 15 is 0 Å². The molecule has 2 rings (SSSR count). The van der Waals surface area contributed by atoms with Gasteiger partial charge < -0.3 is 5.11 Å². The van der Waals surface area contributed by atoms with Crippen LogP contribution in [0.3, 0.4) is 0 Å². The molecule has 1 aliphatic heterocycles. The first-order valence-electron chi connectivity index (χ1n) is 6.56. The minimum atomic E-state index is -3.54. The molecule has 1 fully saturated rings. The number of carboxylic acids is 1. The van der Waals surface area contributed by atoms with Gasteiger partial charge in [-0.25, -0.2) is 8.42 Å². The molecular formula is C12H19N3O4S. The first kappa shape index (κ1) is 15.0. The second-order valence-electron chi connectivity index (χ2n) is 5.21. The second-order valence-corrected chi connectivity index (χ2v) is 7.09. The number of aromatic nitrogens is 2. The van der Waals surface area contributed by atoms with Gasteiger partial charge in [0.05, 0.1) is 11.4 Å². The molecule has 1 aromatic rings. The van der Waals surface area contributed by atoms with Gasteiger partial charge in [-0.1, -0.05) is 0 Å². The fraction of sp³-hybridized carbons (Fsp3) is 0.667. The third-order valence-electron chi connectivity index (χ3n) is 3.67. The molecule has 0 saturated carbocycles. The maximum absolute atomic E-state index is 12.6. The second kappa shape index (κ2) is 5.53. The van der Waals surface area contributed by atoms with Gasteiger partial charge in [0.15, 0.2) is 0 Å². The lowest BCUT2D eigenvalue weighted by Gasteiger charge is -2.16. The molecule has 8 heteroatoms. The van der Waals surface area contributed by atoms with Gasteiger partial charge >= 0.3 is 5.97 Å². The number of nitrogens with one attached hydrogen (secondary N) is 1. The lowest BCUT2D eigenvalue weighted by molar-refractivity contribution is -0.137. The lowest BCUT2D eigenvalue weighted by Crippen LogP contribution is -2.29. The summed E-state index contributed by atoms with van der Waals surface area (Å²) >= 11 is 0. The Kier molecular flexibility index (Phi) is 4.14. The van der Waals surface area contributed by atoms with Crippen molar-refractivity contribution >= 4 is 16.0 Å². The van der Waals surface area contributed by atoms with Crippen molar-refractivity contribution < 1.29 is 18.3 Å². The van der Waals surface area contributed by atoms with Crippen LogP contribution in [-0.4, -0.2) is 47.1 Å². The van der Waals surface area contributed by atoms with Gasteiger partial charge in [0.25, 0.3) is 0 Å². The monoisotopic (exact) mass is 301 g/mol. The van der Waals surface area contributed by atoms with Crippen molar-refractivity contribution in [2.75, 3.05) is 13.1 Å². The summed E-state index contributed by atoms with van der Waals surface area (Å²) in [6.45, 7) is 4.18. The topological polar surface area (TPSA) is 103 Å². The third-order valence-corrected chi connectivity index (χ3v) is 5.80. The zero-order chi connectivity index (χ0) is 14.9. The smallest absolute Gasteiger partial charge is 0.303 e. The van der Waals surface area contributed by atoms with Crippen LogP contribution < -0.4 is 0 Å².